The number of nitro benzene ring substituents is 1. The summed E-state index contributed by atoms with van der Waals surface area (Å²) in [5, 5.41) is 31.2. The number of carbonyl (C=O) groups is 1. The van der Waals surface area contributed by atoms with E-state index in [1.165, 1.54) is 39.8 Å². The van der Waals surface area contributed by atoms with Crippen LogP contribution in [-0.2, 0) is 0 Å². The average molecular weight is 482 g/mol. The Morgan fingerprint density at radius 1 is 1.29 bits per heavy atom. The van der Waals surface area contributed by atoms with E-state index in [-0.39, 0.29) is 40.5 Å². The van der Waals surface area contributed by atoms with Crippen molar-refractivity contribution in [2.45, 2.75) is 25.4 Å². The lowest BCUT2D eigenvalue weighted by Crippen LogP contribution is -2.39. The van der Waals surface area contributed by atoms with Crippen LogP contribution in [0.4, 0.5) is 10.5 Å². The van der Waals surface area contributed by atoms with Crippen LogP contribution in [0.15, 0.2) is 41.2 Å². The minimum atomic E-state index is -0.690. The number of amides is 1. The number of ether oxygens (including phenoxy) is 1. The molecule has 1 aromatic heterocycles. The van der Waals surface area contributed by atoms with Crippen molar-refractivity contribution in [1.82, 2.24) is 14.0 Å². The Kier molecular flexibility index (Phi) is 4.84. The van der Waals surface area contributed by atoms with Crippen LogP contribution in [0, 0.1) is 28.4 Å². The molecule has 1 unspecified atom stereocenters. The molecule has 1 fully saturated rings. The van der Waals surface area contributed by atoms with Crippen LogP contribution >= 0.6 is 11.6 Å². The number of nitro groups is 1. The first-order valence-corrected chi connectivity index (χ1v) is 10.6. The van der Waals surface area contributed by atoms with Gasteiger partial charge in [0.25, 0.3) is 5.69 Å². The van der Waals surface area contributed by atoms with Crippen LogP contribution in [0.5, 0.6) is 11.6 Å². The molecule has 5 rings (SSSR count). The largest absolute Gasteiger partial charge is 0.493 e. The number of hydrogen-bond acceptors (Lipinski definition) is 7. The number of fused-ring (bicyclic) bond motifs is 5. The molecule has 2 aliphatic heterocycles. The highest BCUT2D eigenvalue weighted by Crippen LogP contribution is 2.49. The van der Waals surface area contributed by atoms with Gasteiger partial charge in [0.1, 0.15) is 17.5 Å². The van der Waals surface area contributed by atoms with Gasteiger partial charge in [-0.1, -0.05) is 11.6 Å². The number of benzene rings is 2. The summed E-state index contributed by atoms with van der Waals surface area (Å²) in [6.45, 7) is 1.86. The second-order valence-electron chi connectivity index (χ2n) is 8.06. The minimum absolute atomic E-state index is 0.131. The normalized spacial score (nSPS) is 18.0. The van der Waals surface area contributed by atoms with E-state index in [4.69, 9.17) is 16.3 Å². The lowest BCUT2D eigenvalue weighted by molar-refractivity contribution is -0.384. The maximum atomic E-state index is 13.2. The summed E-state index contributed by atoms with van der Waals surface area (Å²) in [6.07, 6.45) is -0.244. The number of aromatic nitrogens is 2. The van der Waals surface area contributed by atoms with Gasteiger partial charge in [-0.2, -0.15) is 5.26 Å². The predicted molar refractivity (Wildman–Crippen MR) is 118 cm³/mol. The van der Waals surface area contributed by atoms with E-state index >= 15 is 0 Å². The molecule has 0 saturated carbocycles. The number of nitrogens with zero attached hydrogens (tertiary/aromatic N) is 5. The second kappa shape index (κ2) is 7.64. The van der Waals surface area contributed by atoms with Crippen molar-refractivity contribution in [3.63, 3.8) is 0 Å². The Morgan fingerprint density at radius 3 is 2.65 bits per heavy atom. The molecule has 2 atom stereocenters. The first-order valence-electron chi connectivity index (χ1n) is 10.2. The van der Waals surface area contributed by atoms with Crippen molar-refractivity contribution in [3.8, 4) is 23.4 Å². The summed E-state index contributed by atoms with van der Waals surface area (Å²) in [4.78, 5) is 37.7. The third kappa shape index (κ3) is 3.03. The number of halogens is 1. The van der Waals surface area contributed by atoms with Gasteiger partial charge in [-0.05, 0) is 43.2 Å². The summed E-state index contributed by atoms with van der Waals surface area (Å²) < 4.78 is 7.96. The lowest BCUT2D eigenvalue weighted by Gasteiger charge is -2.26. The molecule has 0 radical (unpaired) electrons. The molecule has 0 spiro atoms. The predicted octanol–water partition coefficient (Wildman–Crippen LogP) is 3.59. The number of rotatable bonds is 3. The van der Waals surface area contributed by atoms with Crippen LogP contribution in [0.2, 0.25) is 5.02 Å². The summed E-state index contributed by atoms with van der Waals surface area (Å²) >= 11 is 6.25. The van der Waals surface area contributed by atoms with E-state index < -0.39 is 22.7 Å². The van der Waals surface area contributed by atoms with Crippen molar-refractivity contribution >= 4 is 23.4 Å². The first-order chi connectivity index (χ1) is 16.2. The molecule has 2 aliphatic rings. The second-order valence-corrected chi connectivity index (χ2v) is 8.43. The molecule has 34 heavy (non-hydrogen) atoms. The number of aromatic hydroxyl groups is 1. The molecule has 1 N–H and O–H groups in total. The fourth-order valence-corrected chi connectivity index (χ4v) is 4.87. The van der Waals surface area contributed by atoms with Crippen molar-refractivity contribution in [2.75, 3.05) is 6.54 Å². The topological polar surface area (TPSA) is 144 Å². The van der Waals surface area contributed by atoms with Crippen LogP contribution in [0.3, 0.4) is 0 Å². The Bertz CT molecular complexity index is 1470. The van der Waals surface area contributed by atoms with Gasteiger partial charge >= 0.3 is 11.8 Å². The zero-order valence-electron chi connectivity index (χ0n) is 17.6. The van der Waals surface area contributed by atoms with Crippen LogP contribution < -0.4 is 10.4 Å². The number of hydrogen-bond donors (Lipinski definition) is 1. The van der Waals surface area contributed by atoms with Crippen LogP contribution in [0.25, 0.3) is 5.69 Å². The van der Waals surface area contributed by atoms with Gasteiger partial charge in [-0.25, -0.2) is 14.2 Å². The van der Waals surface area contributed by atoms with Crippen LogP contribution in [-0.4, -0.2) is 36.7 Å². The Hall–Kier alpha value is -4.30. The molecule has 3 aromatic rings. The number of imidazole rings is 1. The standard InChI is InChI=1S/C22H16ClN5O6/c1-11-16(7-2-12(9-24)18(11)23)27-20(29)19-17-8-14(26(19)21(27)30)10-25(17)22(31)34-15-5-3-13(4-6-15)28(32)33/h2-7,14,17,29H,8,10H2,1H3/t14-,17?/m1/s1. The van der Waals surface area contributed by atoms with Gasteiger partial charge < -0.3 is 9.84 Å². The Balaban J connectivity index is 1.47. The molecule has 3 heterocycles. The first kappa shape index (κ1) is 21.5. The highest BCUT2D eigenvalue weighted by atomic mass is 35.5. The van der Waals surface area contributed by atoms with Crippen molar-refractivity contribution < 1.29 is 19.6 Å². The van der Waals surface area contributed by atoms with Gasteiger partial charge in [-0.3, -0.25) is 19.6 Å². The molecule has 2 aromatic carbocycles. The highest BCUT2D eigenvalue weighted by Gasteiger charge is 2.50. The monoisotopic (exact) mass is 481 g/mol. The van der Waals surface area contributed by atoms with Gasteiger partial charge in [0.2, 0.25) is 5.88 Å². The summed E-state index contributed by atoms with van der Waals surface area (Å²) in [5.41, 5.74) is 0.752. The fraction of sp³-hybridized carbons (Fsp3) is 0.227. The highest BCUT2D eigenvalue weighted by molar-refractivity contribution is 6.32. The summed E-state index contributed by atoms with van der Waals surface area (Å²) in [6, 6.07) is 9.17. The minimum Gasteiger partial charge on any atom is -0.493 e. The Labute approximate surface area is 196 Å². The molecule has 12 heteroatoms. The van der Waals surface area contributed by atoms with E-state index in [1.54, 1.807) is 13.0 Å². The summed E-state index contributed by atoms with van der Waals surface area (Å²) in [7, 11) is 0. The maximum Gasteiger partial charge on any atom is 0.415 e. The zero-order chi connectivity index (χ0) is 24.3. The van der Waals surface area contributed by atoms with E-state index in [9.17, 15) is 30.1 Å². The quantitative estimate of drug-likeness (QED) is 0.444. The smallest absolute Gasteiger partial charge is 0.415 e. The number of nitriles is 1. The molecular formula is C22H16ClN5O6. The van der Waals surface area contributed by atoms with Crippen molar-refractivity contribution in [1.29, 1.82) is 5.26 Å². The fourth-order valence-electron chi connectivity index (χ4n) is 4.66. The molecular weight excluding hydrogens is 466 g/mol. The average Bonchev–Trinajstić information content (AvgIpc) is 3.48. The third-order valence-electron chi connectivity index (χ3n) is 6.26. The molecule has 1 amide bonds. The van der Waals surface area contributed by atoms with Gasteiger partial charge in [0.05, 0.1) is 33.3 Å². The lowest BCUT2D eigenvalue weighted by atomic mass is 10.1. The molecule has 172 valence electrons. The number of carbonyl (C=O) groups excluding carboxylic acids is 1. The molecule has 1 saturated heterocycles. The third-order valence-corrected chi connectivity index (χ3v) is 6.75. The maximum absolute atomic E-state index is 13.2. The van der Waals surface area contributed by atoms with Gasteiger partial charge in [0.15, 0.2) is 0 Å². The van der Waals surface area contributed by atoms with E-state index in [2.05, 4.69) is 0 Å². The van der Waals surface area contributed by atoms with E-state index in [1.807, 2.05) is 6.07 Å². The molecule has 11 nitrogen and oxygen atoms in total. The van der Waals surface area contributed by atoms with E-state index in [0.29, 0.717) is 23.4 Å². The van der Waals surface area contributed by atoms with Gasteiger partial charge in [0, 0.05) is 18.7 Å². The molecule has 2 bridgehead atoms. The van der Waals surface area contributed by atoms with Crippen molar-refractivity contribution in [3.05, 3.63) is 78.8 Å². The number of non-ortho nitro benzene ring substituents is 1. The van der Waals surface area contributed by atoms with Crippen molar-refractivity contribution in [2.24, 2.45) is 0 Å². The zero-order valence-corrected chi connectivity index (χ0v) is 18.4. The summed E-state index contributed by atoms with van der Waals surface area (Å²) in [5.74, 6) is -0.172. The molecule has 0 aliphatic carbocycles. The van der Waals surface area contributed by atoms with Gasteiger partial charge in [-0.15, -0.1) is 0 Å². The van der Waals surface area contributed by atoms with E-state index in [0.717, 1.165) is 4.57 Å². The number of likely N-dealkylation sites (tertiary alicyclic amines) is 1. The van der Waals surface area contributed by atoms with Crippen LogP contribution in [0.1, 0.15) is 35.3 Å². The Morgan fingerprint density at radius 2 is 2.00 bits per heavy atom. The SMILES string of the molecule is Cc1c(-n2c(O)c3n(c2=O)[C@@H]2CC3N(C(=O)Oc3ccc([N+](=O)[O-])cc3)C2)ccc(C#N)c1Cl.